The number of amides is 1. The summed E-state index contributed by atoms with van der Waals surface area (Å²) in [6.45, 7) is 2.76. The zero-order chi connectivity index (χ0) is 23.4. The number of carbonyl (C=O) groups is 1. The molecule has 0 aliphatic carbocycles. The molecule has 1 aliphatic rings. The Balaban J connectivity index is 1.77. The smallest absolute Gasteiger partial charge is 0.269 e. The van der Waals surface area contributed by atoms with Crippen LogP contribution >= 0.6 is 11.6 Å². The second kappa shape index (κ2) is 9.86. The monoisotopic (exact) mass is 464 g/mol. The van der Waals surface area contributed by atoms with E-state index in [9.17, 15) is 14.9 Å². The third kappa shape index (κ3) is 4.90. The number of pyridine rings is 1. The highest BCUT2D eigenvalue weighted by atomic mass is 35.5. The molecule has 1 aromatic carbocycles. The summed E-state index contributed by atoms with van der Waals surface area (Å²) in [5, 5.41) is 12.6. The number of hydrogen-bond donors (Lipinski definition) is 1. The minimum atomic E-state index is -0.606. The molecular formula is C24H21ClN4O4. The van der Waals surface area contributed by atoms with E-state index in [0.717, 1.165) is 18.4 Å². The zero-order valence-corrected chi connectivity index (χ0v) is 18.6. The predicted molar refractivity (Wildman–Crippen MR) is 123 cm³/mol. The summed E-state index contributed by atoms with van der Waals surface area (Å²) >= 11 is 6.22. The van der Waals surface area contributed by atoms with Crippen LogP contribution in [0.15, 0.2) is 53.0 Å². The molecule has 3 aromatic rings. The lowest BCUT2D eigenvalue weighted by Crippen LogP contribution is -2.32. The zero-order valence-electron chi connectivity index (χ0n) is 17.9. The van der Waals surface area contributed by atoms with Crippen molar-refractivity contribution >= 4 is 29.2 Å². The van der Waals surface area contributed by atoms with Crippen molar-refractivity contribution in [3.63, 3.8) is 0 Å². The van der Waals surface area contributed by atoms with Crippen LogP contribution in [0.2, 0.25) is 5.02 Å². The Hall–Kier alpha value is -3.67. The Morgan fingerprint density at radius 3 is 2.94 bits per heavy atom. The van der Waals surface area contributed by atoms with E-state index >= 15 is 0 Å². The molecular weight excluding hydrogens is 444 g/mol. The fourth-order valence-corrected chi connectivity index (χ4v) is 3.70. The molecule has 1 fully saturated rings. The van der Waals surface area contributed by atoms with E-state index in [1.165, 1.54) is 10.5 Å². The van der Waals surface area contributed by atoms with Gasteiger partial charge in [0.15, 0.2) is 0 Å². The van der Waals surface area contributed by atoms with E-state index in [2.05, 4.69) is 10.3 Å². The van der Waals surface area contributed by atoms with Crippen molar-refractivity contribution in [2.75, 3.05) is 13.2 Å². The van der Waals surface area contributed by atoms with Gasteiger partial charge < -0.3 is 14.8 Å². The van der Waals surface area contributed by atoms with Gasteiger partial charge in [0.1, 0.15) is 28.6 Å². The molecule has 168 valence electrons. The molecule has 8 nitrogen and oxygen atoms in total. The van der Waals surface area contributed by atoms with Crippen LogP contribution in [-0.2, 0) is 9.53 Å². The summed E-state index contributed by atoms with van der Waals surface area (Å²) < 4.78 is 12.7. The van der Waals surface area contributed by atoms with E-state index in [4.69, 9.17) is 21.1 Å². The van der Waals surface area contributed by atoms with Gasteiger partial charge in [-0.3, -0.25) is 14.0 Å². The molecule has 3 heterocycles. The second-order valence-electron chi connectivity index (χ2n) is 7.57. The van der Waals surface area contributed by atoms with Crippen LogP contribution in [0, 0.1) is 18.3 Å². The normalized spacial score (nSPS) is 15.9. The molecule has 9 heteroatoms. The van der Waals surface area contributed by atoms with Gasteiger partial charge in [-0.25, -0.2) is 0 Å². The van der Waals surface area contributed by atoms with E-state index < -0.39 is 11.5 Å². The van der Waals surface area contributed by atoms with E-state index in [1.54, 1.807) is 36.5 Å². The first-order valence-electron chi connectivity index (χ1n) is 10.4. The van der Waals surface area contributed by atoms with E-state index in [0.29, 0.717) is 23.0 Å². The number of para-hydroxylation sites is 1. The van der Waals surface area contributed by atoms with Gasteiger partial charge in [-0.05, 0) is 49.6 Å². The van der Waals surface area contributed by atoms with Crippen molar-refractivity contribution in [3.8, 4) is 17.7 Å². The fourth-order valence-electron chi connectivity index (χ4n) is 3.53. The van der Waals surface area contributed by atoms with Gasteiger partial charge >= 0.3 is 0 Å². The van der Waals surface area contributed by atoms with Crippen LogP contribution in [0.3, 0.4) is 0 Å². The van der Waals surface area contributed by atoms with Crippen LogP contribution < -0.4 is 15.6 Å². The summed E-state index contributed by atoms with van der Waals surface area (Å²) in [4.78, 5) is 30.5. The van der Waals surface area contributed by atoms with Crippen molar-refractivity contribution in [2.45, 2.75) is 25.9 Å². The van der Waals surface area contributed by atoms with Gasteiger partial charge in [-0.2, -0.15) is 10.2 Å². The molecule has 4 rings (SSSR count). The number of nitrogens with one attached hydrogen (secondary N) is 1. The lowest BCUT2D eigenvalue weighted by molar-refractivity contribution is -0.117. The molecule has 0 saturated carbocycles. The topological polar surface area (TPSA) is 106 Å². The molecule has 0 bridgehead atoms. The first kappa shape index (κ1) is 22.5. The Morgan fingerprint density at radius 1 is 1.39 bits per heavy atom. The van der Waals surface area contributed by atoms with E-state index in [-0.39, 0.29) is 29.7 Å². The maximum atomic E-state index is 13.3. The van der Waals surface area contributed by atoms with Crippen LogP contribution in [0.1, 0.15) is 24.0 Å². The maximum absolute atomic E-state index is 13.3. The van der Waals surface area contributed by atoms with Crippen LogP contribution in [-0.4, -0.2) is 34.5 Å². The van der Waals surface area contributed by atoms with Crippen molar-refractivity contribution in [2.24, 2.45) is 0 Å². The summed E-state index contributed by atoms with van der Waals surface area (Å²) in [7, 11) is 0. The van der Waals surface area contributed by atoms with Gasteiger partial charge in [-0.15, -0.1) is 0 Å². The molecule has 1 amide bonds. The SMILES string of the molecule is Cc1cccn2c(=O)c(/C=C(\C#N)C(=O)NC[C@@H]3CCCO3)c(Oc3ccccc3Cl)nc12. The lowest BCUT2D eigenvalue weighted by Gasteiger charge is -2.13. The summed E-state index contributed by atoms with van der Waals surface area (Å²) in [5.41, 5.74) is 0.378. The number of carbonyl (C=O) groups excluding carboxylic acids is 1. The van der Waals surface area contributed by atoms with Crippen LogP contribution in [0.25, 0.3) is 11.7 Å². The largest absolute Gasteiger partial charge is 0.437 e. The Morgan fingerprint density at radius 2 is 2.21 bits per heavy atom. The highest BCUT2D eigenvalue weighted by molar-refractivity contribution is 6.32. The van der Waals surface area contributed by atoms with Crippen LogP contribution in [0.5, 0.6) is 11.6 Å². The quantitative estimate of drug-likeness (QED) is 0.441. The predicted octanol–water partition coefficient (Wildman–Crippen LogP) is 3.65. The number of ether oxygens (including phenoxy) is 2. The van der Waals surface area contributed by atoms with Gasteiger partial charge in [0.25, 0.3) is 11.5 Å². The molecule has 1 N–H and O–H groups in total. The molecule has 33 heavy (non-hydrogen) atoms. The minimum Gasteiger partial charge on any atom is -0.437 e. The average Bonchev–Trinajstić information content (AvgIpc) is 3.33. The van der Waals surface area contributed by atoms with Crippen LogP contribution in [0.4, 0.5) is 0 Å². The summed E-state index contributed by atoms with van der Waals surface area (Å²) in [5.74, 6) is -0.368. The lowest BCUT2D eigenvalue weighted by atomic mass is 10.1. The van der Waals surface area contributed by atoms with Gasteiger partial charge in [0.2, 0.25) is 5.88 Å². The first-order valence-corrected chi connectivity index (χ1v) is 10.8. The molecule has 1 atom stereocenters. The second-order valence-corrected chi connectivity index (χ2v) is 7.98. The number of benzene rings is 1. The third-order valence-electron chi connectivity index (χ3n) is 5.26. The van der Waals surface area contributed by atoms with Crippen molar-refractivity contribution in [1.29, 1.82) is 5.26 Å². The van der Waals surface area contributed by atoms with E-state index in [1.807, 2.05) is 19.1 Å². The molecule has 0 unspecified atom stereocenters. The third-order valence-corrected chi connectivity index (χ3v) is 5.57. The van der Waals surface area contributed by atoms with Crippen molar-refractivity contribution < 1.29 is 14.3 Å². The average molecular weight is 465 g/mol. The minimum absolute atomic E-state index is 0.0400. The first-order chi connectivity index (χ1) is 16.0. The highest BCUT2D eigenvalue weighted by Gasteiger charge is 2.20. The van der Waals surface area contributed by atoms with Crippen molar-refractivity contribution in [1.82, 2.24) is 14.7 Å². The number of fused-ring (bicyclic) bond motifs is 1. The van der Waals surface area contributed by atoms with Gasteiger partial charge in [0, 0.05) is 19.3 Å². The Bertz CT molecular complexity index is 1340. The molecule has 0 radical (unpaired) electrons. The Kier molecular flexibility index (Phi) is 6.73. The van der Waals surface area contributed by atoms with Gasteiger partial charge in [-0.1, -0.05) is 29.8 Å². The summed E-state index contributed by atoms with van der Waals surface area (Å²) in [6.07, 6.45) is 4.46. The van der Waals surface area contributed by atoms with Crippen molar-refractivity contribution in [3.05, 3.63) is 74.7 Å². The molecule has 2 aromatic heterocycles. The molecule has 1 aliphatic heterocycles. The number of rotatable bonds is 6. The number of nitrogens with zero attached hydrogens (tertiary/aromatic N) is 3. The summed E-state index contributed by atoms with van der Waals surface area (Å²) in [6, 6.07) is 12.2. The Labute approximate surface area is 195 Å². The number of halogens is 1. The number of aryl methyl sites for hydroxylation is 1. The number of aromatic nitrogens is 2. The standard InChI is InChI=1S/C24H21ClN4O4/c1-15-6-4-10-29-21(15)28-23(33-20-9-3-2-8-19(20)25)18(24(29)31)12-16(13-26)22(30)27-14-17-7-5-11-32-17/h2-4,6,8-10,12,17H,5,7,11,14H2,1H3,(H,27,30)/b16-12+/t17-/m0/s1. The number of nitriles is 1. The fraction of sp³-hybridized carbons (Fsp3) is 0.250. The highest BCUT2D eigenvalue weighted by Crippen LogP contribution is 2.30. The molecule has 1 saturated heterocycles. The van der Waals surface area contributed by atoms with Gasteiger partial charge in [0.05, 0.1) is 11.1 Å². The molecule has 0 spiro atoms. The number of hydrogen-bond acceptors (Lipinski definition) is 6. The maximum Gasteiger partial charge on any atom is 0.269 e.